The molecule has 0 fully saturated rings. The standard InChI is InChI=1S/C16H18S.H4N2/c1-3-13-4-8-15(9-5-13)16-10-6-14(7-11-16)12-17-2;1-2/h4-11H,3,12H2,1-2H3;1-2H2. The topological polar surface area (TPSA) is 52.0 Å². The fraction of sp³-hybridized carbons (Fsp3) is 0.250. The largest absolute Gasteiger partial charge is 0.274 e. The first kappa shape index (κ1) is 15.8. The van der Waals surface area contributed by atoms with Gasteiger partial charge in [0.05, 0.1) is 0 Å². The summed E-state index contributed by atoms with van der Waals surface area (Å²) >= 11 is 1.86. The van der Waals surface area contributed by atoms with Crippen LogP contribution in [0.2, 0.25) is 0 Å². The summed E-state index contributed by atoms with van der Waals surface area (Å²) in [6, 6.07) is 17.7. The molecule has 2 aromatic carbocycles. The molecule has 19 heavy (non-hydrogen) atoms. The highest BCUT2D eigenvalue weighted by Gasteiger charge is 1.98. The molecule has 0 aliphatic heterocycles. The van der Waals surface area contributed by atoms with E-state index in [0.717, 1.165) is 12.2 Å². The second-order valence-corrected chi connectivity index (χ2v) is 5.05. The number of hydrazine groups is 1. The molecule has 2 rings (SSSR count). The van der Waals surface area contributed by atoms with Gasteiger partial charge >= 0.3 is 0 Å². The van der Waals surface area contributed by atoms with Crippen LogP contribution in [0.5, 0.6) is 0 Å². The number of rotatable bonds is 4. The molecular weight excluding hydrogens is 252 g/mol. The minimum Gasteiger partial charge on any atom is -0.274 e. The van der Waals surface area contributed by atoms with Crippen molar-refractivity contribution in [2.45, 2.75) is 19.1 Å². The van der Waals surface area contributed by atoms with Gasteiger partial charge in [0, 0.05) is 5.75 Å². The third-order valence-corrected chi connectivity index (χ3v) is 3.58. The summed E-state index contributed by atoms with van der Waals surface area (Å²) in [6.07, 6.45) is 3.24. The van der Waals surface area contributed by atoms with Gasteiger partial charge in [-0.25, -0.2) is 0 Å². The molecule has 0 atom stereocenters. The number of nitrogens with two attached hydrogens (primary N) is 2. The van der Waals surface area contributed by atoms with Gasteiger partial charge in [-0.2, -0.15) is 11.8 Å². The normalized spacial score (nSPS) is 9.68. The molecule has 0 unspecified atom stereocenters. The van der Waals surface area contributed by atoms with E-state index in [9.17, 15) is 0 Å². The maximum Gasteiger partial charge on any atom is 0.0181 e. The van der Waals surface area contributed by atoms with Crippen molar-refractivity contribution >= 4 is 11.8 Å². The van der Waals surface area contributed by atoms with Crippen molar-refractivity contribution in [2.75, 3.05) is 6.26 Å². The number of aryl methyl sites for hydroxylation is 1. The lowest BCUT2D eigenvalue weighted by Gasteiger charge is -2.04. The molecule has 0 saturated heterocycles. The van der Waals surface area contributed by atoms with Crippen molar-refractivity contribution in [3.63, 3.8) is 0 Å². The summed E-state index contributed by atoms with van der Waals surface area (Å²) < 4.78 is 0. The van der Waals surface area contributed by atoms with Crippen LogP contribution < -0.4 is 11.7 Å². The lowest BCUT2D eigenvalue weighted by atomic mass is 10.0. The highest BCUT2D eigenvalue weighted by Crippen LogP contribution is 2.21. The second-order valence-electron chi connectivity index (χ2n) is 4.18. The SMILES string of the molecule is CCc1ccc(-c2ccc(CSC)cc2)cc1.NN. The zero-order valence-electron chi connectivity index (χ0n) is 11.6. The summed E-state index contributed by atoms with van der Waals surface area (Å²) in [5.74, 6) is 9.09. The second kappa shape index (κ2) is 8.75. The van der Waals surface area contributed by atoms with E-state index in [1.807, 2.05) is 11.8 Å². The van der Waals surface area contributed by atoms with Crippen LogP contribution >= 0.6 is 11.8 Å². The minimum atomic E-state index is 1.09. The maximum atomic E-state index is 4.00. The molecule has 0 spiro atoms. The molecule has 102 valence electrons. The van der Waals surface area contributed by atoms with Crippen LogP contribution in [-0.4, -0.2) is 6.26 Å². The number of hydrogen-bond acceptors (Lipinski definition) is 3. The van der Waals surface area contributed by atoms with Gasteiger partial charge < -0.3 is 0 Å². The Morgan fingerprint density at radius 2 is 1.21 bits per heavy atom. The van der Waals surface area contributed by atoms with Gasteiger partial charge in [0.2, 0.25) is 0 Å². The minimum absolute atomic E-state index is 1.09. The third-order valence-electron chi connectivity index (χ3n) is 2.96. The van der Waals surface area contributed by atoms with E-state index in [2.05, 4.69) is 73.4 Å². The fourth-order valence-electron chi connectivity index (χ4n) is 1.89. The quantitative estimate of drug-likeness (QED) is 0.661. The summed E-state index contributed by atoms with van der Waals surface area (Å²) in [7, 11) is 0. The fourth-order valence-corrected chi connectivity index (χ4v) is 2.42. The summed E-state index contributed by atoms with van der Waals surface area (Å²) in [5, 5.41) is 0. The van der Waals surface area contributed by atoms with Gasteiger partial charge in [-0.3, -0.25) is 11.7 Å². The van der Waals surface area contributed by atoms with Crippen LogP contribution in [-0.2, 0) is 12.2 Å². The van der Waals surface area contributed by atoms with Crippen LogP contribution in [0.1, 0.15) is 18.1 Å². The number of hydrogen-bond donors (Lipinski definition) is 2. The predicted octanol–water partition coefficient (Wildman–Crippen LogP) is 3.60. The van der Waals surface area contributed by atoms with Gasteiger partial charge in [0.15, 0.2) is 0 Å². The Labute approximate surface area is 120 Å². The van der Waals surface area contributed by atoms with Gasteiger partial charge in [-0.05, 0) is 34.9 Å². The average Bonchev–Trinajstić information content (AvgIpc) is 2.51. The van der Waals surface area contributed by atoms with E-state index >= 15 is 0 Å². The van der Waals surface area contributed by atoms with Gasteiger partial charge in [0.25, 0.3) is 0 Å². The predicted molar refractivity (Wildman–Crippen MR) is 86.8 cm³/mol. The summed E-state index contributed by atoms with van der Waals surface area (Å²) in [4.78, 5) is 0. The smallest absolute Gasteiger partial charge is 0.0181 e. The lowest BCUT2D eigenvalue weighted by Crippen LogP contribution is -2.02. The number of benzene rings is 2. The molecule has 0 bridgehead atoms. The highest BCUT2D eigenvalue weighted by atomic mass is 32.2. The van der Waals surface area contributed by atoms with Crippen LogP contribution in [0.25, 0.3) is 11.1 Å². The third kappa shape index (κ3) is 4.71. The first-order valence-electron chi connectivity index (χ1n) is 6.34. The van der Waals surface area contributed by atoms with Crippen molar-refractivity contribution in [3.8, 4) is 11.1 Å². The monoisotopic (exact) mass is 274 g/mol. The molecular formula is C16H22N2S. The lowest BCUT2D eigenvalue weighted by molar-refractivity contribution is 1.14. The molecule has 0 aliphatic carbocycles. The Kier molecular flexibility index (Phi) is 7.26. The zero-order valence-corrected chi connectivity index (χ0v) is 12.4. The summed E-state index contributed by atoms with van der Waals surface area (Å²) in [5.41, 5.74) is 5.40. The Morgan fingerprint density at radius 1 is 0.789 bits per heavy atom. The van der Waals surface area contributed by atoms with Gasteiger partial charge in [0.1, 0.15) is 0 Å². The van der Waals surface area contributed by atoms with Crippen molar-refractivity contribution in [1.29, 1.82) is 0 Å². The van der Waals surface area contributed by atoms with E-state index < -0.39 is 0 Å². The average molecular weight is 274 g/mol. The Balaban J connectivity index is 0.000000861. The molecule has 4 N–H and O–H groups in total. The van der Waals surface area contributed by atoms with E-state index in [1.165, 1.54) is 22.3 Å². The maximum absolute atomic E-state index is 4.00. The molecule has 2 nitrogen and oxygen atoms in total. The first-order chi connectivity index (χ1) is 9.33. The molecule has 0 amide bonds. The molecule has 0 saturated carbocycles. The Morgan fingerprint density at radius 3 is 1.58 bits per heavy atom. The van der Waals surface area contributed by atoms with Crippen LogP contribution in [0, 0.1) is 0 Å². The highest BCUT2D eigenvalue weighted by molar-refractivity contribution is 7.97. The van der Waals surface area contributed by atoms with E-state index in [1.54, 1.807) is 0 Å². The van der Waals surface area contributed by atoms with Crippen molar-refractivity contribution < 1.29 is 0 Å². The van der Waals surface area contributed by atoms with Crippen molar-refractivity contribution in [2.24, 2.45) is 11.7 Å². The van der Waals surface area contributed by atoms with Crippen LogP contribution in [0.15, 0.2) is 48.5 Å². The van der Waals surface area contributed by atoms with E-state index in [0.29, 0.717) is 0 Å². The molecule has 0 radical (unpaired) electrons. The Bertz CT molecular complexity index is 463. The van der Waals surface area contributed by atoms with Gasteiger partial charge in [-0.15, -0.1) is 0 Å². The molecule has 0 aliphatic rings. The number of thioether (sulfide) groups is 1. The van der Waals surface area contributed by atoms with Crippen LogP contribution in [0.4, 0.5) is 0 Å². The van der Waals surface area contributed by atoms with E-state index in [-0.39, 0.29) is 0 Å². The molecule has 2 aromatic rings. The molecule has 0 heterocycles. The first-order valence-corrected chi connectivity index (χ1v) is 7.73. The van der Waals surface area contributed by atoms with Crippen LogP contribution in [0.3, 0.4) is 0 Å². The Hall–Kier alpha value is -1.29. The zero-order chi connectivity index (χ0) is 14.1. The van der Waals surface area contributed by atoms with E-state index in [4.69, 9.17) is 0 Å². The van der Waals surface area contributed by atoms with Gasteiger partial charge in [-0.1, -0.05) is 55.5 Å². The van der Waals surface area contributed by atoms with Crippen molar-refractivity contribution in [3.05, 3.63) is 59.7 Å². The summed E-state index contributed by atoms with van der Waals surface area (Å²) in [6.45, 7) is 2.19. The molecule has 0 aromatic heterocycles. The van der Waals surface area contributed by atoms with Crippen molar-refractivity contribution in [1.82, 2.24) is 0 Å². The molecule has 3 heteroatoms.